The second kappa shape index (κ2) is 8.20. The molecule has 0 amide bonds. The monoisotopic (exact) mass is 402 g/mol. The van der Waals surface area contributed by atoms with E-state index in [1.54, 1.807) is 22.7 Å². The summed E-state index contributed by atoms with van der Waals surface area (Å²) >= 11 is 0. The van der Waals surface area contributed by atoms with Gasteiger partial charge in [0.25, 0.3) is 0 Å². The molecule has 4 aromatic rings. The minimum Gasteiger partial charge on any atom is -0.354 e. The SMILES string of the molecule is Fc1ccccc1-c1nnc2ccc(N3CCCC(NCc4ccccc4)C3)nn12. The third-order valence-electron chi connectivity index (χ3n) is 5.55. The Labute approximate surface area is 174 Å². The lowest BCUT2D eigenvalue weighted by atomic mass is 10.1. The lowest BCUT2D eigenvalue weighted by Gasteiger charge is -2.34. The Morgan fingerprint density at radius 3 is 2.67 bits per heavy atom. The lowest BCUT2D eigenvalue weighted by molar-refractivity contribution is 0.419. The highest BCUT2D eigenvalue weighted by Gasteiger charge is 2.22. The Kier molecular flexibility index (Phi) is 5.11. The van der Waals surface area contributed by atoms with Crippen LogP contribution in [0.5, 0.6) is 0 Å². The molecule has 1 atom stereocenters. The van der Waals surface area contributed by atoms with Crippen LogP contribution in [0.25, 0.3) is 17.0 Å². The maximum Gasteiger partial charge on any atom is 0.188 e. The van der Waals surface area contributed by atoms with E-state index in [1.165, 1.54) is 11.6 Å². The number of anilines is 1. The predicted molar refractivity (Wildman–Crippen MR) is 115 cm³/mol. The van der Waals surface area contributed by atoms with Gasteiger partial charge in [-0.2, -0.15) is 4.52 Å². The van der Waals surface area contributed by atoms with Gasteiger partial charge in [-0.15, -0.1) is 15.3 Å². The lowest BCUT2D eigenvalue weighted by Crippen LogP contribution is -2.45. The summed E-state index contributed by atoms with van der Waals surface area (Å²) in [5.41, 5.74) is 2.29. The number of nitrogens with one attached hydrogen (secondary N) is 1. The van der Waals surface area contributed by atoms with Gasteiger partial charge in [0, 0.05) is 25.7 Å². The van der Waals surface area contributed by atoms with Crippen LogP contribution in [-0.4, -0.2) is 38.9 Å². The van der Waals surface area contributed by atoms with E-state index >= 15 is 0 Å². The van der Waals surface area contributed by atoms with Crippen molar-refractivity contribution >= 4 is 11.5 Å². The van der Waals surface area contributed by atoms with Crippen LogP contribution in [0.15, 0.2) is 66.7 Å². The molecule has 0 radical (unpaired) electrons. The van der Waals surface area contributed by atoms with E-state index < -0.39 is 0 Å². The summed E-state index contributed by atoms with van der Waals surface area (Å²) in [5, 5.41) is 16.7. The zero-order valence-electron chi connectivity index (χ0n) is 16.6. The largest absolute Gasteiger partial charge is 0.354 e. The van der Waals surface area contributed by atoms with E-state index in [-0.39, 0.29) is 5.82 Å². The summed E-state index contributed by atoms with van der Waals surface area (Å²) in [7, 11) is 0. The molecule has 30 heavy (non-hydrogen) atoms. The van der Waals surface area contributed by atoms with Gasteiger partial charge in [-0.25, -0.2) is 4.39 Å². The van der Waals surface area contributed by atoms with Gasteiger partial charge in [-0.3, -0.25) is 0 Å². The van der Waals surface area contributed by atoms with Crippen molar-refractivity contribution in [2.24, 2.45) is 0 Å². The fourth-order valence-electron chi connectivity index (χ4n) is 3.97. The molecule has 152 valence electrons. The summed E-state index contributed by atoms with van der Waals surface area (Å²) in [4.78, 5) is 2.27. The summed E-state index contributed by atoms with van der Waals surface area (Å²) in [5.74, 6) is 0.939. The van der Waals surface area contributed by atoms with E-state index in [2.05, 4.69) is 44.7 Å². The van der Waals surface area contributed by atoms with Gasteiger partial charge < -0.3 is 10.2 Å². The summed E-state index contributed by atoms with van der Waals surface area (Å²) < 4.78 is 15.9. The zero-order chi connectivity index (χ0) is 20.3. The molecule has 2 aromatic heterocycles. The predicted octanol–water partition coefficient (Wildman–Crippen LogP) is 3.69. The molecule has 3 heterocycles. The molecule has 0 bridgehead atoms. The number of piperidine rings is 1. The zero-order valence-corrected chi connectivity index (χ0v) is 16.6. The van der Waals surface area contributed by atoms with Gasteiger partial charge in [0.05, 0.1) is 5.56 Å². The van der Waals surface area contributed by atoms with Crippen molar-refractivity contribution in [3.63, 3.8) is 0 Å². The summed E-state index contributed by atoms with van der Waals surface area (Å²) in [6, 6.07) is 21.3. The van der Waals surface area contributed by atoms with E-state index in [0.717, 1.165) is 38.3 Å². The highest BCUT2D eigenvalue weighted by molar-refractivity contribution is 5.60. The molecule has 1 fully saturated rings. The molecule has 5 rings (SSSR count). The van der Waals surface area contributed by atoms with Crippen molar-refractivity contribution in [3.8, 4) is 11.4 Å². The Morgan fingerprint density at radius 2 is 1.80 bits per heavy atom. The van der Waals surface area contributed by atoms with Gasteiger partial charge >= 0.3 is 0 Å². The fraction of sp³-hybridized carbons (Fsp3) is 0.261. The molecule has 0 spiro atoms. The Hall–Kier alpha value is -3.32. The number of fused-ring (bicyclic) bond motifs is 1. The van der Waals surface area contributed by atoms with Crippen LogP contribution in [0.1, 0.15) is 18.4 Å². The number of aromatic nitrogens is 4. The number of nitrogens with zero attached hydrogens (tertiary/aromatic N) is 5. The van der Waals surface area contributed by atoms with Crippen LogP contribution >= 0.6 is 0 Å². The van der Waals surface area contributed by atoms with Crippen LogP contribution in [0.2, 0.25) is 0 Å². The molecule has 0 saturated carbocycles. The number of halogens is 1. The summed E-state index contributed by atoms with van der Waals surface area (Å²) in [6.45, 7) is 2.68. The molecule has 1 saturated heterocycles. The average Bonchev–Trinajstić information content (AvgIpc) is 3.22. The number of hydrogen-bond acceptors (Lipinski definition) is 5. The molecular weight excluding hydrogens is 379 g/mol. The van der Waals surface area contributed by atoms with Gasteiger partial charge in [-0.1, -0.05) is 42.5 Å². The maximum atomic E-state index is 14.3. The fourth-order valence-corrected chi connectivity index (χ4v) is 3.97. The van der Waals surface area contributed by atoms with Crippen molar-refractivity contribution in [1.82, 2.24) is 25.1 Å². The minimum atomic E-state index is -0.331. The molecule has 6 nitrogen and oxygen atoms in total. The number of hydrogen-bond donors (Lipinski definition) is 1. The quantitative estimate of drug-likeness (QED) is 0.552. The van der Waals surface area contributed by atoms with Gasteiger partial charge in [-0.05, 0) is 42.7 Å². The topological polar surface area (TPSA) is 58.4 Å². The Bertz CT molecular complexity index is 1140. The molecule has 0 aliphatic carbocycles. The maximum absolute atomic E-state index is 14.3. The molecule has 7 heteroatoms. The molecule has 1 aliphatic rings. The highest BCUT2D eigenvalue weighted by Crippen LogP contribution is 2.23. The first kappa shape index (κ1) is 18.7. The first-order valence-electron chi connectivity index (χ1n) is 10.3. The Balaban J connectivity index is 1.36. The summed E-state index contributed by atoms with van der Waals surface area (Å²) in [6.07, 6.45) is 2.23. The van der Waals surface area contributed by atoms with Crippen molar-refractivity contribution in [2.75, 3.05) is 18.0 Å². The molecular formula is C23H23FN6. The van der Waals surface area contributed by atoms with E-state index in [1.807, 2.05) is 18.2 Å². The first-order chi connectivity index (χ1) is 14.8. The van der Waals surface area contributed by atoms with Crippen molar-refractivity contribution in [1.29, 1.82) is 0 Å². The molecule has 1 unspecified atom stereocenters. The minimum absolute atomic E-state index is 0.331. The average molecular weight is 402 g/mol. The number of rotatable bonds is 5. The van der Waals surface area contributed by atoms with E-state index in [0.29, 0.717) is 23.1 Å². The van der Waals surface area contributed by atoms with Crippen LogP contribution in [0.4, 0.5) is 10.2 Å². The standard InChI is InChI=1S/C23H23FN6/c24-20-11-5-4-10-19(20)23-27-26-21-12-13-22(28-30(21)23)29-14-6-9-18(16-29)25-15-17-7-2-1-3-8-17/h1-5,7-8,10-13,18,25H,6,9,14-16H2. The normalized spacial score (nSPS) is 16.8. The molecule has 1 aliphatic heterocycles. The first-order valence-corrected chi connectivity index (χ1v) is 10.3. The molecule has 2 aromatic carbocycles. The second-order valence-corrected chi connectivity index (χ2v) is 7.62. The van der Waals surface area contributed by atoms with Crippen LogP contribution in [-0.2, 0) is 6.54 Å². The van der Waals surface area contributed by atoms with Gasteiger partial charge in [0.1, 0.15) is 11.6 Å². The second-order valence-electron chi connectivity index (χ2n) is 7.62. The van der Waals surface area contributed by atoms with Crippen LogP contribution in [0, 0.1) is 5.82 Å². The van der Waals surface area contributed by atoms with Crippen molar-refractivity contribution in [3.05, 3.63) is 78.1 Å². The van der Waals surface area contributed by atoms with Crippen LogP contribution < -0.4 is 10.2 Å². The number of benzene rings is 2. The highest BCUT2D eigenvalue weighted by atomic mass is 19.1. The van der Waals surface area contributed by atoms with Crippen molar-refractivity contribution < 1.29 is 4.39 Å². The van der Waals surface area contributed by atoms with Gasteiger partial charge in [0.15, 0.2) is 11.5 Å². The van der Waals surface area contributed by atoms with E-state index in [4.69, 9.17) is 5.10 Å². The third kappa shape index (κ3) is 3.76. The van der Waals surface area contributed by atoms with Crippen molar-refractivity contribution in [2.45, 2.75) is 25.4 Å². The van der Waals surface area contributed by atoms with Crippen LogP contribution in [0.3, 0.4) is 0 Å². The Morgan fingerprint density at radius 1 is 0.967 bits per heavy atom. The molecule has 1 N–H and O–H groups in total. The van der Waals surface area contributed by atoms with E-state index in [9.17, 15) is 4.39 Å². The van der Waals surface area contributed by atoms with Gasteiger partial charge in [0.2, 0.25) is 0 Å². The third-order valence-corrected chi connectivity index (χ3v) is 5.55. The smallest absolute Gasteiger partial charge is 0.188 e.